The lowest BCUT2D eigenvalue weighted by atomic mass is 9.95. The second-order valence-corrected chi connectivity index (χ2v) is 6.52. The molecular formula is C17H22O2. The summed E-state index contributed by atoms with van der Waals surface area (Å²) in [7, 11) is 0. The van der Waals surface area contributed by atoms with Crippen LogP contribution in [0.4, 0.5) is 0 Å². The van der Waals surface area contributed by atoms with Crippen LogP contribution < -0.4 is 4.74 Å². The largest absolute Gasteiger partial charge is 0.494 e. The summed E-state index contributed by atoms with van der Waals surface area (Å²) in [6, 6.07) is 8.03. The summed E-state index contributed by atoms with van der Waals surface area (Å²) in [5.41, 5.74) is 1.05. The van der Waals surface area contributed by atoms with Gasteiger partial charge in [0.1, 0.15) is 5.75 Å². The Morgan fingerprint density at radius 2 is 2.00 bits per heavy atom. The molecule has 2 heteroatoms. The van der Waals surface area contributed by atoms with Crippen molar-refractivity contribution in [1.82, 2.24) is 0 Å². The fraction of sp³-hybridized carbons (Fsp3) is 0.647. The van der Waals surface area contributed by atoms with E-state index < -0.39 is 0 Å². The SMILES string of the molecule is CCOc1cccc(C(O)C2C3C4CCC(C4)C32)c1. The average Bonchev–Trinajstić information content (AvgIpc) is 2.86. The van der Waals surface area contributed by atoms with Crippen LogP contribution in [-0.4, -0.2) is 11.7 Å². The maximum atomic E-state index is 10.7. The quantitative estimate of drug-likeness (QED) is 0.896. The number of benzene rings is 1. The van der Waals surface area contributed by atoms with Gasteiger partial charge in [-0.2, -0.15) is 0 Å². The Kier molecular flexibility index (Phi) is 2.63. The fourth-order valence-corrected chi connectivity index (χ4v) is 4.99. The molecule has 0 radical (unpaired) electrons. The highest BCUT2D eigenvalue weighted by molar-refractivity contribution is 5.32. The molecule has 3 aliphatic rings. The van der Waals surface area contributed by atoms with Crippen LogP contribution >= 0.6 is 0 Å². The number of fused-ring (bicyclic) bond motifs is 5. The minimum Gasteiger partial charge on any atom is -0.494 e. The average molecular weight is 258 g/mol. The maximum Gasteiger partial charge on any atom is 0.119 e. The number of aliphatic hydroxyl groups excluding tert-OH is 1. The second kappa shape index (κ2) is 4.24. The molecule has 4 rings (SSSR count). The van der Waals surface area contributed by atoms with Gasteiger partial charge in [-0.05, 0) is 73.5 Å². The zero-order chi connectivity index (χ0) is 13.0. The lowest BCUT2D eigenvalue weighted by Crippen LogP contribution is -2.08. The molecule has 5 unspecified atom stereocenters. The second-order valence-electron chi connectivity index (χ2n) is 6.52. The molecule has 0 saturated heterocycles. The molecule has 102 valence electrons. The fourth-order valence-electron chi connectivity index (χ4n) is 4.99. The van der Waals surface area contributed by atoms with E-state index in [1.807, 2.05) is 31.2 Å². The molecule has 3 saturated carbocycles. The summed E-state index contributed by atoms with van der Waals surface area (Å²) >= 11 is 0. The summed E-state index contributed by atoms with van der Waals surface area (Å²) < 4.78 is 5.53. The van der Waals surface area contributed by atoms with Gasteiger partial charge in [0.25, 0.3) is 0 Å². The van der Waals surface area contributed by atoms with Gasteiger partial charge in [-0.25, -0.2) is 0 Å². The first kappa shape index (κ1) is 11.8. The van der Waals surface area contributed by atoms with Crippen molar-refractivity contribution in [3.8, 4) is 5.75 Å². The van der Waals surface area contributed by atoms with E-state index in [1.54, 1.807) is 0 Å². The zero-order valence-electron chi connectivity index (χ0n) is 11.5. The van der Waals surface area contributed by atoms with Crippen molar-refractivity contribution < 1.29 is 9.84 Å². The third-order valence-corrected chi connectivity index (χ3v) is 5.67. The number of hydrogen-bond donors (Lipinski definition) is 1. The molecule has 0 spiro atoms. The van der Waals surface area contributed by atoms with E-state index in [2.05, 4.69) is 0 Å². The van der Waals surface area contributed by atoms with Crippen molar-refractivity contribution in [3.05, 3.63) is 29.8 Å². The summed E-state index contributed by atoms with van der Waals surface area (Å²) in [6.07, 6.45) is 3.98. The number of rotatable bonds is 4. The summed E-state index contributed by atoms with van der Waals surface area (Å²) in [5, 5.41) is 10.7. The van der Waals surface area contributed by atoms with Crippen molar-refractivity contribution in [2.45, 2.75) is 32.3 Å². The van der Waals surface area contributed by atoms with Crippen LogP contribution in [-0.2, 0) is 0 Å². The maximum absolute atomic E-state index is 10.7. The van der Waals surface area contributed by atoms with Gasteiger partial charge in [-0.3, -0.25) is 0 Å². The van der Waals surface area contributed by atoms with E-state index in [4.69, 9.17) is 4.74 Å². The Bertz CT molecular complexity index is 468. The van der Waals surface area contributed by atoms with Crippen LogP contribution in [0.2, 0.25) is 0 Å². The van der Waals surface area contributed by atoms with Gasteiger partial charge in [-0.1, -0.05) is 12.1 Å². The van der Waals surface area contributed by atoms with Gasteiger partial charge < -0.3 is 9.84 Å². The molecular weight excluding hydrogens is 236 g/mol. The smallest absolute Gasteiger partial charge is 0.119 e. The van der Waals surface area contributed by atoms with Crippen LogP contribution in [0.15, 0.2) is 24.3 Å². The zero-order valence-corrected chi connectivity index (χ0v) is 11.5. The van der Waals surface area contributed by atoms with Crippen molar-refractivity contribution in [2.24, 2.45) is 29.6 Å². The van der Waals surface area contributed by atoms with Crippen LogP contribution in [0.1, 0.15) is 37.9 Å². The topological polar surface area (TPSA) is 29.5 Å². The number of ether oxygens (including phenoxy) is 1. The third-order valence-electron chi connectivity index (χ3n) is 5.67. The van der Waals surface area contributed by atoms with Crippen molar-refractivity contribution in [2.75, 3.05) is 6.61 Å². The Hall–Kier alpha value is -1.02. The molecule has 2 nitrogen and oxygen atoms in total. The molecule has 5 atom stereocenters. The van der Waals surface area contributed by atoms with Crippen LogP contribution in [0.5, 0.6) is 5.75 Å². The molecule has 1 aromatic rings. The Morgan fingerprint density at radius 1 is 1.26 bits per heavy atom. The lowest BCUT2D eigenvalue weighted by molar-refractivity contribution is 0.129. The molecule has 3 aliphatic carbocycles. The van der Waals surface area contributed by atoms with E-state index in [9.17, 15) is 5.11 Å². The highest BCUT2D eigenvalue weighted by Gasteiger charge is 2.66. The normalized spacial score (nSPS) is 40.0. The highest BCUT2D eigenvalue weighted by Crippen LogP contribution is 2.72. The Balaban J connectivity index is 1.52. The van der Waals surface area contributed by atoms with E-state index in [-0.39, 0.29) is 6.10 Å². The van der Waals surface area contributed by atoms with Crippen molar-refractivity contribution in [3.63, 3.8) is 0 Å². The summed E-state index contributed by atoms with van der Waals surface area (Å²) in [6.45, 7) is 2.67. The van der Waals surface area contributed by atoms with E-state index in [0.29, 0.717) is 12.5 Å². The summed E-state index contributed by atoms with van der Waals surface area (Å²) in [4.78, 5) is 0. The molecule has 19 heavy (non-hydrogen) atoms. The predicted molar refractivity (Wildman–Crippen MR) is 73.9 cm³/mol. The van der Waals surface area contributed by atoms with Gasteiger partial charge in [0.2, 0.25) is 0 Å². The highest BCUT2D eigenvalue weighted by atomic mass is 16.5. The van der Waals surface area contributed by atoms with Gasteiger partial charge in [0.05, 0.1) is 12.7 Å². The van der Waals surface area contributed by atoms with Crippen LogP contribution in [0.3, 0.4) is 0 Å². The monoisotopic (exact) mass is 258 g/mol. The van der Waals surface area contributed by atoms with Gasteiger partial charge in [0, 0.05) is 0 Å². The van der Waals surface area contributed by atoms with Gasteiger partial charge in [-0.15, -0.1) is 0 Å². The molecule has 0 heterocycles. The third kappa shape index (κ3) is 1.73. The van der Waals surface area contributed by atoms with Crippen molar-refractivity contribution >= 4 is 0 Å². The van der Waals surface area contributed by atoms with Crippen molar-refractivity contribution in [1.29, 1.82) is 0 Å². The standard InChI is InChI=1S/C17H22O2/c1-2-19-13-5-3-4-12(9-13)17(18)16-14-10-6-7-11(8-10)15(14)16/h3-5,9-11,14-18H,2,6-8H2,1H3. The lowest BCUT2D eigenvalue weighted by Gasteiger charge is -2.16. The van der Waals surface area contributed by atoms with Crippen LogP contribution in [0, 0.1) is 29.6 Å². The molecule has 2 bridgehead atoms. The van der Waals surface area contributed by atoms with Gasteiger partial charge in [0.15, 0.2) is 0 Å². The van der Waals surface area contributed by atoms with Crippen LogP contribution in [0.25, 0.3) is 0 Å². The number of aliphatic hydroxyl groups is 1. The first-order chi connectivity index (χ1) is 9.29. The molecule has 1 N–H and O–H groups in total. The first-order valence-electron chi connectivity index (χ1n) is 7.70. The molecule has 3 fully saturated rings. The molecule has 0 amide bonds. The first-order valence-corrected chi connectivity index (χ1v) is 7.70. The van der Waals surface area contributed by atoms with E-state index >= 15 is 0 Å². The van der Waals surface area contributed by atoms with E-state index in [0.717, 1.165) is 35.0 Å². The van der Waals surface area contributed by atoms with Gasteiger partial charge >= 0.3 is 0 Å². The Labute approximate surface area is 114 Å². The minimum atomic E-state index is -0.279. The molecule has 1 aromatic carbocycles. The van der Waals surface area contributed by atoms with E-state index in [1.165, 1.54) is 19.3 Å². The Morgan fingerprint density at radius 3 is 2.68 bits per heavy atom. The molecule has 0 aromatic heterocycles. The number of hydrogen-bond acceptors (Lipinski definition) is 2. The summed E-state index contributed by atoms with van der Waals surface area (Å²) in [5.74, 6) is 4.90. The molecule has 0 aliphatic heterocycles. The minimum absolute atomic E-state index is 0.279. The predicted octanol–water partition coefficient (Wildman–Crippen LogP) is 3.41.